The predicted octanol–water partition coefficient (Wildman–Crippen LogP) is 1.94. The van der Waals surface area contributed by atoms with E-state index in [1.165, 1.54) is 0 Å². The zero-order chi connectivity index (χ0) is 14.0. The molecular weight excluding hydrogens is 240 g/mol. The molecule has 4 heteroatoms. The molecule has 1 fully saturated rings. The SMILES string of the molecule is COC1CCCN(CC(=O)c2cc(C)n(C)c2C)C1. The van der Waals surface area contributed by atoms with Gasteiger partial charge in [0.05, 0.1) is 12.6 Å². The maximum Gasteiger partial charge on any atom is 0.178 e. The summed E-state index contributed by atoms with van der Waals surface area (Å²) in [4.78, 5) is 14.6. The average Bonchev–Trinajstić information content (AvgIpc) is 2.67. The maximum atomic E-state index is 12.4. The summed E-state index contributed by atoms with van der Waals surface area (Å²) >= 11 is 0. The van der Waals surface area contributed by atoms with Gasteiger partial charge in [0.25, 0.3) is 0 Å². The number of rotatable bonds is 4. The quantitative estimate of drug-likeness (QED) is 0.779. The highest BCUT2D eigenvalue weighted by Crippen LogP contribution is 2.17. The fourth-order valence-electron chi connectivity index (χ4n) is 2.78. The first-order valence-corrected chi connectivity index (χ1v) is 6.94. The number of piperidine rings is 1. The van der Waals surface area contributed by atoms with Gasteiger partial charge >= 0.3 is 0 Å². The fraction of sp³-hybridized carbons (Fsp3) is 0.667. The monoisotopic (exact) mass is 264 g/mol. The minimum absolute atomic E-state index is 0.220. The van der Waals surface area contributed by atoms with Crippen LogP contribution in [0.4, 0.5) is 0 Å². The Morgan fingerprint density at radius 1 is 1.47 bits per heavy atom. The highest BCUT2D eigenvalue weighted by atomic mass is 16.5. The van der Waals surface area contributed by atoms with E-state index in [1.807, 2.05) is 27.0 Å². The van der Waals surface area contributed by atoms with Crippen LogP contribution in [0.5, 0.6) is 0 Å². The van der Waals surface area contributed by atoms with E-state index in [0.29, 0.717) is 6.54 Å². The lowest BCUT2D eigenvalue weighted by atomic mass is 10.1. The highest BCUT2D eigenvalue weighted by Gasteiger charge is 2.23. The fourth-order valence-corrected chi connectivity index (χ4v) is 2.78. The molecule has 106 valence electrons. The summed E-state index contributed by atoms with van der Waals surface area (Å²) in [6.45, 7) is 6.41. The van der Waals surface area contributed by atoms with Crippen molar-refractivity contribution in [3.63, 3.8) is 0 Å². The Hall–Kier alpha value is -1.13. The molecule has 1 unspecified atom stereocenters. The molecule has 2 rings (SSSR count). The Kier molecular flexibility index (Phi) is 4.42. The summed E-state index contributed by atoms with van der Waals surface area (Å²) in [5.41, 5.74) is 3.05. The van der Waals surface area contributed by atoms with Crippen molar-refractivity contribution in [2.24, 2.45) is 7.05 Å². The van der Waals surface area contributed by atoms with E-state index in [0.717, 1.165) is 42.9 Å². The molecule has 0 N–H and O–H groups in total. The van der Waals surface area contributed by atoms with Crippen LogP contribution < -0.4 is 0 Å². The third-order valence-electron chi connectivity index (χ3n) is 4.24. The van der Waals surface area contributed by atoms with E-state index in [9.17, 15) is 4.79 Å². The van der Waals surface area contributed by atoms with E-state index < -0.39 is 0 Å². The Morgan fingerprint density at radius 3 is 2.79 bits per heavy atom. The molecule has 1 aromatic rings. The molecule has 4 nitrogen and oxygen atoms in total. The number of Topliss-reactive ketones (excluding diaryl/α,β-unsaturated/α-hetero) is 1. The van der Waals surface area contributed by atoms with Crippen LogP contribution in [0.3, 0.4) is 0 Å². The molecule has 19 heavy (non-hydrogen) atoms. The number of hydrogen-bond acceptors (Lipinski definition) is 3. The first-order valence-electron chi connectivity index (χ1n) is 6.94. The molecule has 0 spiro atoms. The Bertz CT molecular complexity index is 465. The lowest BCUT2D eigenvalue weighted by molar-refractivity contribution is 0.0314. The van der Waals surface area contributed by atoms with Gasteiger partial charge < -0.3 is 9.30 Å². The lowest BCUT2D eigenvalue weighted by Gasteiger charge is -2.31. The third kappa shape index (κ3) is 3.07. The highest BCUT2D eigenvalue weighted by molar-refractivity contribution is 5.99. The summed E-state index contributed by atoms with van der Waals surface area (Å²) in [6.07, 6.45) is 2.49. The van der Waals surface area contributed by atoms with Gasteiger partial charge in [-0.05, 0) is 39.3 Å². The van der Waals surface area contributed by atoms with Crippen molar-refractivity contribution in [2.45, 2.75) is 32.8 Å². The van der Waals surface area contributed by atoms with Gasteiger partial charge in [0, 0.05) is 37.7 Å². The van der Waals surface area contributed by atoms with Gasteiger partial charge in [-0.2, -0.15) is 0 Å². The molecule has 0 radical (unpaired) electrons. The second-order valence-electron chi connectivity index (χ2n) is 5.50. The van der Waals surface area contributed by atoms with Gasteiger partial charge in [-0.1, -0.05) is 0 Å². The van der Waals surface area contributed by atoms with Crippen LogP contribution in [0.1, 0.15) is 34.6 Å². The van der Waals surface area contributed by atoms with Gasteiger partial charge in [0.2, 0.25) is 0 Å². The van der Waals surface area contributed by atoms with E-state index >= 15 is 0 Å². The molecule has 1 saturated heterocycles. The first-order chi connectivity index (χ1) is 9.02. The predicted molar refractivity (Wildman–Crippen MR) is 75.7 cm³/mol. The first kappa shape index (κ1) is 14.3. The molecule has 1 aliphatic heterocycles. The molecule has 2 heterocycles. The molecule has 1 aromatic heterocycles. The second kappa shape index (κ2) is 5.88. The van der Waals surface area contributed by atoms with Crippen LogP contribution >= 0.6 is 0 Å². The molecular formula is C15H24N2O2. The van der Waals surface area contributed by atoms with Crippen molar-refractivity contribution >= 4 is 5.78 Å². The number of aryl methyl sites for hydroxylation is 1. The zero-order valence-corrected chi connectivity index (χ0v) is 12.4. The average molecular weight is 264 g/mol. The summed E-state index contributed by atoms with van der Waals surface area (Å²) in [5, 5.41) is 0. The summed E-state index contributed by atoms with van der Waals surface area (Å²) in [7, 11) is 3.75. The van der Waals surface area contributed by atoms with Crippen LogP contribution in [0.2, 0.25) is 0 Å². The van der Waals surface area contributed by atoms with E-state index in [1.54, 1.807) is 7.11 Å². The Labute approximate surface area is 115 Å². The number of nitrogens with zero attached hydrogens (tertiary/aromatic N) is 2. The van der Waals surface area contributed by atoms with Crippen LogP contribution in [-0.2, 0) is 11.8 Å². The summed E-state index contributed by atoms with van der Waals surface area (Å²) in [5.74, 6) is 0.220. The van der Waals surface area contributed by atoms with Crippen molar-refractivity contribution < 1.29 is 9.53 Å². The molecule has 0 aliphatic carbocycles. The van der Waals surface area contributed by atoms with Gasteiger partial charge in [-0.25, -0.2) is 0 Å². The maximum absolute atomic E-state index is 12.4. The summed E-state index contributed by atoms with van der Waals surface area (Å²) in [6, 6.07) is 2.00. The van der Waals surface area contributed by atoms with E-state index in [2.05, 4.69) is 9.47 Å². The Morgan fingerprint density at radius 2 is 2.21 bits per heavy atom. The number of carbonyl (C=O) groups excluding carboxylic acids is 1. The number of ketones is 1. The number of likely N-dealkylation sites (tertiary alicyclic amines) is 1. The van der Waals surface area contributed by atoms with Gasteiger partial charge in [0.1, 0.15) is 0 Å². The van der Waals surface area contributed by atoms with Crippen LogP contribution in [0.25, 0.3) is 0 Å². The van der Waals surface area contributed by atoms with Gasteiger partial charge in [-0.15, -0.1) is 0 Å². The molecule has 0 bridgehead atoms. The van der Waals surface area contributed by atoms with Crippen molar-refractivity contribution in [1.29, 1.82) is 0 Å². The molecule has 0 amide bonds. The normalized spacial score (nSPS) is 20.7. The minimum Gasteiger partial charge on any atom is -0.380 e. The smallest absolute Gasteiger partial charge is 0.178 e. The molecule has 1 aliphatic rings. The Balaban J connectivity index is 2.02. The van der Waals surface area contributed by atoms with Crippen LogP contribution in [-0.4, -0.2) is 48.1 Å². The second-order valence-corrected chi connectivity index (χ2v) is 5.50. The lowest BCUT2D eigenvalue weighted by Crippen LogP contribution is -2.41. The third-order valence-corrected chi connectivity index (χ3v) is 4.24. The molecule has 1 atom stereocenters. The van der Waals surface area contributed by atoms with Crippen LogP contribution in [0, 0.1) is 13.8 Å². The number of ether oxygens (including phenoxy) is 1. The van der Waals surface area contributed by atoms with Gasteiger partial charge in [0.15, 0.2) is 5.78 Å². The van der Waals surface area contributed by atoms with Crippen LogP contribution in [0.15, 0.2) is 6.07 Å². The number of hydrogen-bond donors (Lipinski definition) is 0. The molecule has 0 aromatic carbocycles. The van der Waals surface area contributed by atoms with Crippen molar-refractivity contribution in [1.82, 2.24) is 9.47 Å². The van der Waals surface area contributed by atoms with E-state index in [4.69, 9.17) is 4.74 Å². The van der Waals surface area contributed by atoms with Crippen molar-refractivity contribution in [3.8, 4) is 0 Å². The van der Waals surface area contributed by atoms with E-state index in [-0.39, 0.29) is 11.9 Å². The van der Waals surface area contributed by atoms with Crippen molar-refractivity contribution in [3.05, 3.63) is 23.0 Å². The molecule has 0 saturated carbocycles. The number of carbonyl (C=O) groups is 1. The minimum atomic E-state index is 0.220. The standard InChI is InChI=1S/C15H24N2O2/c1-11-8-14(12(2)16(11)3)15(18)10-17-7-5-6-13(9-17)19-4/h8,13H,5-7,9-10H2,1-4H3. The van der Waals surface area contributed by atoms with Crippen molar-refractivity contribution in [2.75, 3.05) is 26.7 Å². The zero-order valence-electron chi connectivity index (χ0n) is 12.4. The largest absolute Gasteiger partial charge is 0.380 e. The van der Waals surface area contributed by atoms with Gasteiger partial charge in [-0.3, -0.25) is 9.69 Å². The topological polar surface area (TPSA) is 34.5 Å². The summed E-state index contributed by atoms with van der Waals surface area (Å²) < 4.78 is 7.47. The number of aromatic nitrogens is 1. The number of methoxy groups -OCH3 is 1.